The highest BCUT2D eigenvalue weighted by Gasteiger charge is 2.36. The second-order valence-corrected chi connectivity index (χ2v) is 8.03. The minimum absolute atomic E-state index is 0. The van der Waals surface area contributed by atoms with Crippen LogP contribution in [0, 0.1) is 0 Å². The van der Waals surface area contributed by atoms with E-state index < -0.39 is 0 Å². The molecular formula is C22H29Cl2IN4O. The summed E-state index contributed by atoms with van der Waals surface area (Å²) in [5.41, 5.74) is 2.20. The van der Waals surface area contributed by atoms with Crippen molar-refractivity contribution in [3.8, 4) is 0 Å². The molecule has 2 heterocycles. The van der Waals surface area contributed by atoms with Crippen LogP contribution in [0.3, 0.4) is 0 Å². The lowest BCUT2D eigenvalue weighted by Gasteiger charge is -2.37. The van der Waals surface area contributed by atoms with Gasteiger partial charge < -0.3 is 15.4 Å². The van der Waals surface area contributed by atoms with Gasteiger partial charge in [0.25, 0.3) is 0 Å². The summed E-state index contributed by atoms with van der Waals surface area (Å²) in [7, 11) is 0. The van der Waals surface area contributed by atoms with E-state index in [-0.39, 0.29) is 29.4 Å². The molecule has 1 fully saturated rings. The van der Waals surface area contributed by atoms with E-state index in [1.807, 2.05) is 36.5 Å². The molecule has 164 valence electrons. The van der Waals surface area contributed by atoms with Crippen molar-refractivity contribution < 1.29 is 4.74 Å². The highest BCUT2D eigenvalue weighted by molar-refractivity contribution is 14.0. The summed E-state index contributed by atoms with van der Waals surface area (Å²) in [4.78, 5) is 9.04. The molecule has 1 aromatic carbocycles. The summed E-state index contributed by atoms with van der Waals surface area (Å²) in [5.74, 6) is 0.812. The van der Waals surface area contributed by atoms with Crippen LogP contribution in [0.5, 0.6) is 0 Å². The molecule has 0 spiro atoms. The Hall–Kier alpha value is -1.09. The van der Waals surface area contributed by atoms with Crippen molar-refractivity contribution in [1.29, 1.82) is 0 Å². The molecule has 0 atom stereocenters. The average molecular weight is 563 g/mol. The van der Waals surface area contributed by atoms with Crippen molar-refractivity contribution in [1.82, 2.24) is 15.6 Å². The van der Waals surface area contributed by atoms with Crippen LogP contribution in [-0.2, 0) is 16.6 Å². The van der Waals surface area contributed by atoms with Crippen LogP contribution in [0.2, 0.25) is 10.2 Å². The average Bonchev–Trinajstić information content (AvgIpc) is 2.74. The lowest BCUT2D eigenvalue weighted by molar-refractivity contribution is 0.0531. The summed E-state index contributed by atoms with van der Waals surface area (Å²) in [6, 6.07) is 11.9. The normalized spacial score (nSPS) is 15.9. The Morgan fingerprint density at radius 1 is 1.13 bits per heavy atom. The lowest BCUT2D eigenvalue weighted by atomic mass is 9.74. The topological polar surface area (TPSA) is 58.5 Å². The highest BCUT2D eigenvalue weighted by atomic mass is 127. The summed E-state index contributed by atoms with van der Waals surface area (Å²) >= 11 is 12.4. The van der Waals surface area contributed by atoms with E-state index in [0.29, 0.717) is 11.7 Å². The van der Waals surface area contributed by atoms with E-state index in [1.165, 1.54) is 0 Å². The van der Waals surface area contributed by atoms with Gasteiger partial charge in [-0.05, 0) is 49.4 Å². The quantitative estimate of drug-likeness (QED) is 0.219. The number of benzene rings is 1. The number of rotatable bonds is 7. The van der Waals surface area contributed by atoms with Gasteiger partial charge in [-0.15, -0.1) is 24.0 Å². The number of hydrogen-bond acceptors (Lipinski definition) is 3. The summed E-state index contributed by atoms with van der Waals surface area (Å²) in [5, 5.41) is 8.07. The highest BCUT2D eigenvalue weighted by Crippen LogP contribution is 2.38. The lowest BCUT2D eigenvalue weighted by Crippen LogP contribution is -2.42. The van der Waals surface area contributed by atoms with Gasteiger partial charge in [-0.2, -0.15) is 0 Å². The van der Waals surface area contributed by atoms with Gasteiger partial charge in [-0.1, -0.05) is 47.5 Å². The van der Waals surface area contributed by atoms with Crippen molar-refractivity contribution in [2.45, 2.75) is 31.6 Å². The molecule has 3 rings (SSSR count). The van der Waals surface area contributed by atoms with Crippen molar-refractivity contribution in [3.63, 3.8) is 0 Å². The van der Waals surface area contributed by atoms with Crippen molar-refractivity contribution in [3.05, 3.63) is 63.9 Å². The zero-order chi connectivity index (χ0) is 20.5. The number of nitrogens with zero attached hydrogens (tertiary/aromatic N) is 2. The third kappa shape index (κ3) is 6.97. The molecule has 0 unspecified atom stereocenters. The number of halogens is 3. The van der Waals surface area contributed by atoms with E-state index in [0.717, 1.165) is 67.7 Å². The molecule has 0 radical (unpaired) electrons. The van der Waals surface area contributed by atoms with Gasteiger partial charge in [0.2, 0.25) is 0 Å². The zero-order valence-electron chi connectivity index (χ0n) is 17.2. The number of guanidine groups is 1. The number of pyridine rings is 1. The number of nitrogens with one attached hydrogen (secondary N) is 2. The molecule has 1 aromatic heterocycles. The molecule has 0 bridgehead atoms. The maximum absolute atomic E-state index is 6.55. The maximum Gasteiger partial charge on any atom is 0.191 e. The van der Waals surface area contributed by atoms with Crippen LogP contribution in [0.4, 0.5) is 0 Å². The van der Waals surface area contributed by atoms with Crippen LogP contribution in [0.15, 0.2) is 47.6 Å². The molecule has 2 N–H and O–H groups in total. The minimum atomic E-state index is -0.0982. The standard InChI is InChI=1S/C22H28Cl2N4O.HI/c1-2-25-21(26-12-9-17-7-8-20(24)27-15-17)28-16-22(10-13-29-14-11-22)18-5-3-4-6-19(18)23;/h3-8,15H,2,9-14,16H2,1H3,(H2,25,26,28);1H. The number of hydrogen-bond donors (Lipinski definition) is 2. The zero-order valence-corrected chi connectivity index (χ0v) is 21.0. The summed E-state index contributed by atoms with van der Waals surface area (Å²) < 4.78 is 5.62. The van der Waals surface area contributed by atoms with Crippen LogP contribution >= 0.6 is 47.2 Å². The van der Waals surface area contributed by atoms with E-state index in [9.17, 15) is 0 Å². The Morgan fingerprint density at radius 2 is 1.90 bits per heavy atom. The Kier molecular flexibility index (Phi) is 10.6. The minimum Gasteiger partial charge on any atom is -0.381 e. The first-order valence-corrected chi connectivity index (χ1v) is 10.8. The molecule has 1 saturated heterocycles. The third-order valence-corrected chi connectivity index (χ3v) is 5.83. The van der Waals surface area contributed by atoms with Gasteiger partial charge >= 0.3 is 0 Å². The smallest absolute Gasteiger partial charge is 0.191 e. The molecule has 5 nitrogen and oxygen atoms in total. The molecular weight excluding hydrogens is 534 g/mol. The van der Waals surface area contributed by atoms with Crippen molar-refractivity contribution in [2.75, 3.05) is 32.8 Å². The fourth-order valence-corrected chi connectivity index (χ4v) is 4.07. The number of aliphatic imine (C=N–C) groups is 1. The summed E-state index contributed by atoms with van der Waals surface area (Å²) in [6.45, 7) is 5.76. The molecule has 30 heavy (non-hydrogen) atoms. The predicted molar refractivity (Wildman–Crippen MR) is 136 cm³/mol. The van der Waals surface area contributed by atoms with Crippen LogP contribution < -0.4 is 10.6 Å². The molecule has 8 heteroatoms. The van der Waals surface area contributed by atoms with Gasteiger partial charge in [0.15, 0.2) is 5.96 Å². The molecule has 0 aliphatic carbocycles. The predicted octanol–water partition coefficient (Wildman–Crippen LogP) is 4.85. The first-order chi connectivity index (χ1) is 14.1. The molecule has 1 aliphatic rings. The fourth-order valence-electron chi connectivity index (χ4n) is 3.62. The van der Waals surface area contributed by atoms with Crippen LogP contribution in [0.1, 0.15) is 30.9 Å². The molecule has 2 aromatic rings. The van der Waals surface area contributed by atoms with Crippen molar-refractivity contribution >= 4 is 53.1 Å². The Labute approximate surface area is 206 Å². The Morgan fingerprint density at radius 3 is 2.57 bits per heavy atom. The van der Waals surface area contributed by atoms with E-state index in [2.05, 4.69) is 28.6 Å². The molecule has 0 saturated carbocycles. The van der Waals surface area contributed by atoms with Crippen LogP contribution in [-0.4, -0.2) is 43.8 Å². The Balaban J connectivity index is 0.00000320. The second kappa shape index (κ2) is 12.7. The fraction of sp³-hybridized carbons (Fsp3) is 0.455. The second-order valence-electron chi connectivity index (χ2n) is 7.23. The molecule has 1 aliphatic heterocycles. The monoisotopic (exact) mass is 562 g/mol. The molecule has 0 amide bonds. The Bertz CT molecular complexity index is 811. The third-order valence-electron chi connectivity index (χ3n) is 5.27. The SMILES string of the molecule is CCNC(=NCC1(c2ccccc2Cl)CCOCC1)NCCc1ccc(Cl)nc1.I. The van der Waals surface area contributed by atoms with Gasteiger partial charge in [0, 0.05) is 42.9 Å². The van der Waals surface area contributed by atoms with Crippen molar-refractivity contribution in [2.24, 2.45) is 4.99 Å². The van der Waals surface area contributed by atoms with E-state index >= 15 is 0 Å². The van der Waals surface area contributed by atoms with Gasteiger partial charge in [-0.25, -0.2) is 4.98 Å². The number of ether oxygens (including phenoxy) is 1. The van der Waals surface area contributed by atoms with Crippen LogP contribution in [0.25, 0.3) is 0 Å². The van der Waals surface area contributed by atoms with Gasteiger partial charge in [-0.3, -0.25) is 4.99 Å². The summed E-state index contributed by atoms with van der Waals surface area (Å²) in [6.07, 6.45) is 4.48. The van der Waals surface area contributed by atoms with Gasteiger partial charge in [0.05, 0.1) is 6.54 Å². The van der Waals surface area contributed by atoms with E-state index in [1.54, 1.807) is 0 Å². The first-order valence-electron chi connectivity index (χ1n) is 10.1. The van der Waals surface area contributed by atoms with Gasteiger partial charge in [0.1, 0.15) is 5.15 Å². The largest absolute Gasteiger partial charge is 0.381 e. The maximum atomic E-state index is 6.55. The number of aromatic nitrogens is 1. The van der Waals surface area contributed by atoms with E-state index in [4.69, 9.17) is 32.9 Å². The first kappa shape index (κ1) is 25.2.